The van der Waals surface area contributed by atoms with Crippen LogP contribution >= 0.6 is 11.3 Å². The second-order valence-corrected chi connectivity index (χ2v) is 3.28. The molecule has 0 aromatic carbocycles. The summed E-state index contributed by atoms with van der Waals surface area (Å²) in [6, 6.07) is 0. The van der Waals surface area contributed by atoms with Crippen LogP contribution in [0.4, 0.5) is 12.9 Å². The van der Waals surface area contributed by atoms with Crippen LogP contribution in [0.15, 0.2) is 10.2 Å². The summed E-state index contributed by atoms with van der Waals surface area (Å²) in [7, 11) is 0. The monoisotopic (exact) mass is 196 g/mol. The Morgan fingerprint density at radius 3 is 2.50 bits per heavy atom. The van der Waals surface area contributed by atoms with Gasteiger partial charge in [0.25, 0.3) is 0 Å². The second-order valence-electron chi connectivity index (χ2n) is 2.46. The zero-order chi connectivity index (χ0) is 9.35. The zero-order valence-electron chi connectivity index (χ0n) is 6.26. The van der Waals surface area contributed by atoms with Crippen molar-refractivity contribution in [3.63, 3.8) is 0 Å². The van der Waals surface area contributed by atoms with E-state index in [2.05, 4.69) is 0 Å². The molecule has 0 amide bonds. The van der Waals surface area contributed by atoms with Crippen molar-refractivity contribution < 1.29 is 12.9 Å². The van der Waals surface area contributed by atoms with Gasteiger partial charge in [0.15, 0.2) is 0 Å². The zero-order valence-corrected chi connectivity index (χ0v) is 7.08. The van der Waals surface area contributed by atoms with Crippen molar-refractivity contribution in [1.29, 1.82) is 0 Å². The van der Waals surface area contributed by atoms with Gasteiger partial charge in [-0.15, -0.1) is 0 Å². The Kier molecular flexibility index (Phi) is 2.32. The van der Waals surface area contributed by atoms with Crippen LogP contribution in [-0.4, -0.2) is 11.5 Å². The van der Waals surface area contributed by atoms with E-state index in [1.165, 1.54) is 12.3 Å². The Balaban J connectivity index is 2.96. The summed E-state index contributed by atoms with van der Waals surface area (Å²) in [6.07, 6.45) is -1.13. The summed E-state index contributed by atoms with van der Waals surface area (Å²) in [4.78, 5) is 10.3. The van der Waals surface area contributed by atoms with Gasteiger partial charge in [0, 0.05) is 11.1 Å². The molecular formula is C5H6BF3NOS-. The number of rotatable bonds is 2. The molecular weight excluding hydrogens is 190 g/mol. The molecule has 7 heteroatoms. The van der Waals surface area contributed by atoms with Gasteiger partial charge >= 0.3 is 11.9 Å². The molecule has 0 bridgehead atoms. The maximum Gasteiger partial charge on any atom is 0.497 e. The molecule has 68 valence electrons. The predicted molar refractivity (Wildman–Crippen MR) is 42.4 cm³/mol. The molecule has 0 saturated heterocycles. The molecule has 0 aliphatic heterocycles. The fraction of sp³-hybridized carbons (Fsp3) is 0.400. The van der Waals surface area contributed by atoms with E-state index in [0.717, 1.165) is 15.9 Å². The molecule has 0 aliphatic carbocycles. The topological polar surface area (TPSA) is 22.0 Å². The summed E-state index contributed by atoms with van der Waals surface area (Å²) >= 11 is 0.789. The first-order chi connectivity index (χ1) is 5.40. The molecule has 0 aliphatic rings. The smallest absolute Gasteiger partial charge is 0.448 e. The quantitative estimate of drug-likeness (QED) is 0.658. The van der Waals surface area contributed by atoms with E-state index in [0.29, 0.717) is 5.69 Å². The van der Waals surface area contributed by atoms with Crippen molar-refractivity contribution in [3.8, 4) is 0 Å². The third-order valence-electron chi connectivity index (χ3n) is 1.37. The van der Waals surface area contributed by atoms with Crippen LogP contribution in [0.2, 0.25) is 0 Å². The van der Waals surface area contributed by atoms with Gasteiger partial charge in [-0.05, 0) is 13.4 Å². The first-order valence-corrected chi connectivity index (χ1v) is 4.14. The lowest BCUT2D eigenvalue weighted by atomic mass is 9.92. The van der Waals surface area contributed by atoms with Gasteiger partial charge in [-0.3, -0.25) is 4.79 Å². The lowest BCUT2D eigenvalue weighted by molar-refractivity contribution is 0.442. The number of nitrogens with zero attached hydrogens (tertiary/aromatic N) is 1. The molecule has 0 unspecified atom stereocenters. The fourth-order valence-corrected chi connectivity index (χ4v) is 1.58. The van der Waals surface area contributed by atoms with Gasteiger partial charge in [0.2, 0.25) is 0 Å². The molecule has 2 nitrogen and oxygen atoms in total. The minimum absolute atomic E-state index is 0.365. The number of hydrogen-bond donors (Lipinski definition) is 0. The summed E-state index contributed by atoms with van der Waals surface area (Å²) in [5, 5.41) is 1.42. The first kappa shape index (κ1) is 9.37. The first-order valence-electron chi connectivity index (χ1n) is 3.26. The molecule has 12 heavy (non-hydrogen) atoms. The van der Waals surface area contributed by atoms with Crippen LogP contribution in [0.1, 0.15) is 5.69 Å². The predicted octanol–water partition coefficient (Wildman–Crippen LogP) is 1.60. The van der Waals surface area contributed by atoms with Crippen molar-refractivity contribution in [1.82, 2.24) is 4.57 Å². The van der Waals surface area contributed by atoms with Crippen LogP contribution < -0.4 is 4.87 Å². The number of thiazole rings is 1. The van der Waals surface area contributed by atoms with E-state index in [9.17, 15) is 17.7 Å². The summed E-state index contributed by atoms with van der Waals surface area (Å²) < 4.78 is 36.4. The molecule has 0 fully saturated rings. The van der Waals surface area contributed by atoms with E-state index < -0.39 is 18.3 Å². The molecule has 0 radical (unpaired) electrons. The number of hydrogen-bond acceptors (Lipinski definition) is 2. The van der Waals surface area contributed by atoms with E-state index in [1.54, 1.807) is 0 Å². The van der Waals surface area contributed by atoms with Gasteiger partial charge in [-0.25, -0.2) is 0 Å². The lowest BCUT2D eigenvalue weighted by Crippen LogP contribution is -2.29. The van der Waals surface area contributed by atoms with Gasteiger partial charge in [0.05, 0.1) is 0 Å². The van der Waals surface area contributed by atoms with E-state index >= 15 is 0 Å². The van der Waals surface area contributed by atoms with Crippen molar-refractivity contribution in [2.24, 2.45) is 0 Å². The van der Waals surface area contributed by atoms with E-state index in [-0.39, 0.29) is 0 Å². The van der Waals surface area contributed by atoms with Gasteiger partial charge in [-0.1, -0.05) is 11.3 Å². The molecule has 1 aromatic rings. The highest BCUT2D eigenvalue weighted by Crippen LogP contribution is 2.12. The largest absolute Gasteiger partial charge is 0.497 e. The highest BCUT2D eigenvalue weighted by atomic mass is 32.1. The molecule has 0 N–H and O–H groups in total. The van der Waals surface area contributed by atoms with Crippen molar-refractivity contribution in [3.05, 3.63) is 20.7 Å². The molecule has 0 atom stereocenters. The average molecular weight is 196 g/mol. The van der Waals surface area contributed by atoms with Crippen molar-refractivity contribution >= 4 is 18.3 Å². The third-order valence-corrected chi connectivity index (χ3v) is 2.25. The number of aryl methyl sites for hydroxylation is 1. The van der Waals surface area contributed by atoms with Crippen LogP contribution in [0, 0.1) is 6.92 Å². The van der Waals surface area contributed by atoms with Crippen LogP contribution in [-0.2, 0) is 6.44 Å². The maximum atomic E-state index is 11.9. The Bertz CT molecular complexity index is 328. The summed E-state index contributed by atoms with van der Waals surface area (Å²) in [5.74, 6) is 0. The average Bonchev–Trinajstić information content (AvgIpc) is 2.16. The highest BCUT2D eigenvalue weighted by molar-refractivity contribution is 7.07. The van der Waals surface area contributed by atoms with E-state index in [4.69, 9.17) is 0 Å². The maximum absolute atomic E-state index is 11.9. The summed E-state index contributed by atoms with van der Waals surface area (Å²) in [6.45, 7) is -3.44. The van der Waals surface area contributed by atoms with Crippen LogP contribution in [0.25, 0.3) is 0 Å². The van der Waals surface area contributed by atoms with Crippen LogP contribution in [0.5, 0.6) is 0 Å². The second kappa shape index (κ2) is 2.97. The lowest BCUT2D eigenvalue weighted by Gasteiger charge is -2.14. The number of halogens is 3. The number of aromatic nitrogens is 1. The fourth-order valence-electron chi connectivity index (χ4n) is 0.832. The van der Waals surface area contributed by atoms with Crippen molar-refractivity contribution in [2.45, 2.75) is 13.4 Å². The van der Waals surface area contributed by atoms with Gasteiger partial charge in [-0.2, -0.15) is 0 Å². The molecule has 1 aromatic heterocycles. The van der Waals surface area contributed by atoms with Crippen molar-refractivity contribution in [2.75, 3.05) is 0 Å². The molecule has 0 spiro atoms. The molecule has 1 rings (SSSR count). The Hall–Kier alpha value is -0.715. The highest BCUT2D eigenvalue weighted by Gasteiger charge is 2.25. The standard InChI is InChI=1S/C5H6BF3NOS/c1-4-2-12-5(11)10(4)3-6(7,8)9/h2H,3H2,1H3/q-1. The SMILES string of the molecule is Cc1csc(=O)n1C[B-](F)(F)F. The Morgan fingerprint density at radius 1 is 1.58 bits per heavy atom. The molecule has 0 saturated carbocycles. The van der Waals surface area contributed by atoms with Gasteiger partial charge in [0.1, 0.15) is 0 Å². The van der Waals surface area contributed by atoms with E-state index in [1.807, 2.05) is 0 Å². The minimum atomic E-state index is -4.92. The Morgan fingerprint density at radius 2 is 2.17 bits per heavy atom. The molecule has 1 heterocycles. The normalized spacial score (nSPS) is 12.0. The summed E-state index contributed by atoms with van der Waals surface area (Å²) in [5.41, 5.74) is 0.365. The minimum Gasteiger partial charge on any atom is -0.448 e. The Labute approximate surface area is 70.7 Å². The van der Waals surface area contributed by atoms with Gasteiger partial charge < -0.3 is 17.5 Å². The van der Waals surface area contributed by atoms with Crippen LogP contribution in [0.3, 0.4) is 0 Å². The third kappa shape index (κ3) is 2.13.